The second kappa shape index (κ2) is 12.5. The number of hydrogen-bond acceptors (Lipinski definition) is 8. The highest BCUT2D eigenvalue weighted by Gasteiger charge is 2.54. The third kappa shape index (κ3) is 7.70. The highest BCUT2D eigenvalue weighted by molar-refractivity contribution is 6.43. The molecule has 2 aromatic heterocycles. The van der Waals surface area contributed by atoms with Crippen molar-refractivity contribution in [3.63, 3.8) is 0 Å². The first-order valence-electron chi connectivity index (χ1n) is 13.0. The molecule has 2 atom stereocenters. The number of amides is 2. The highest BCUT2D eigenvalue weighted by Crippen LogP contribution is 2.44. The van der Waals surface area contributed by atoms with Crippen LogP contribution in [0.3, 0.4) is 0 Å². The first-order valence-corrected chi connectivity index (χ1v) is 13.0. The van der Waals surface area contributed by atoms with Gasteiger partial charge in [-0.1, -0.05) is 34.1 Å². The van der Waals surface area contributed by atoms with Crippen molar-refractivity contribution in [2.75, 3.05) is 5.32 Å². The van der Waals surface area contributed by atoms with Crippen LogP contribution in [0.1, 0.15) is 64.8 Å². The summed E-state index contributed by atoms with van der Waals surface area (Å²) in [5.74, 6) is -2.39. The van der Waals surface area contributed by atoms with Crippen LogP contribution >= 0.6 is 0 Å². The molecule has 11 nitrogen and oxygen atoms in total. The Balaban J connectivity index is 1.92. The largest absolute Gasteiger partial charge is 0.434 e. The number of halogens is 3. The summed E-state index contributed by atoms with van der Waals surface area (Å²) in [5, 5.41) is 16.7. The molecule has 14 heteroatoms. The number of nitrogens with zero attached hydrogens (tertiary/aromatic N) is 3. The van der Waals surface area contributed by atoms with Gasteiger partial charge in [-0.15, -0.1) is 10.2 Å². The van der Waals surface area contributed by atoms with E-state index in [2.05, 4.69) is 25.7 Å². The topological polar surface area (TPSA) is 166 Å². The summed E-state index contributed by atoms with van der Waals surface area (Å²) < 4.78 is 50.0. The van der Waals surface area contributed by atoms with E-state index in [1.54, 1.807) is 0 Å². The average molecular weight is 579 g/mol. The fourth-order valence-corrected chi connectivity index (χ4v) is 4.84. The number of ketones is 1. The number of benzene rings is 1. The van der Waals surface area contributed by atoms with Gasteiger partial charge in [0.25, 0.3) is 11.7 Å². The zero-order chi connectivity index (χ0) is 30.4. The van der Waals surface area contributed by atoms with Crippen LogP contribution in [0.15, 0.2) is 40.9 Å². The van der Waals surface area contributed by atoms with Crippen molar-refractivity contribution in [3.8, 4) is 11.5 Å². The third-order valence-corrected chi connectivity index (χ3v) is 6.71. The first kappa shape index (κ1) is 31.3. The van der Waals surface area contributed by atoms with Gasteiger partial charge >= 0.3 is 12.3 Å². The monoisotopic (exact) mass is 578 g/mol. The van der Waals surface area contributed by atoms with Gasteiger partial charge in [0.05, 0.1) is 11.8 Å². The molecule has 0 aliphatic heterocycles. The van der Waals surface area contributed by atoms with Crippen LogP contribution in [0.2, 0.25) is 0 Å². The molecular formula is C27H33F3N6O5. The van der Waals surface area contributed by atoms with Gasteiger partial charge in [-0.2, -0.15) is 18.3 Å². The van der Waals surface area contributed by atoms with Crippen molar-refractivity contribution in [3.05, 3.63) is 48.0 Å². The van der Waals surface area contributed by atoms with Crippen LogP contribution in [0.25, 0.3) is 11.5 Å². The molecule has 222 valence electrons. The Hall–Kier alpha value is -4.23. The normalized spacial score (nSPS) is 14.2. The van der Waals surface area contributed by atoms with Crippen molar-refractivity contribution in [1.29, 1.82) is 0 Å². The summed E-state index contributed by atoms with van der Waals surface area (Å²) in [7, 11) is 0. The molecule has 0 saturated carbocycles. The van der Waals surface area contributed by atoms with Crippen LogP contribution in [-0.4, -0.2) is 43.8 Å². The number of primary amides is 1. The Labute approximate surface area is 234 Å². The number of aromatic nitrogens is 4. The van der Waals surface area contributed by atoms with Crippen molar-refractivity contribution in [2.45, 2.75) is 71.6 Å². The lowest BCUT2D eigenvalue weighted by Gasteiger charge is -2.44. The fraction of sp³-hybridized carbons (Fsp3) is 0.481. The molecule has 1 aromatic carbocycles. The highest BCUT2D eigenvalue weighted by atomic mass is 19.4. The SMILES string of the molecule is CCCC[C@@](OC(N)=O)(C(=O)C(=O)Nc1ccn[nH]1)C(CCc1nnc(-c2ccc(C(F)(F)F)cc2)o1)C(C)(C)C. The van der Waals surface area contributed by atoms with Gasteiger partial charge in [0.2, 0.25) is 11.8 Å². The molecule has 0 aliphatic carbocycles. The van der Waals surface area contributed by atoms with Gasteiger partial charge in [0, 0.05) is 24.0 Å². The quantitative estimate of drug-likeness (QED) is 0.243. The number of aromatic amines is 1. The lowest BCUT2D eigenvalue weighted by Crippen LogP contribution is -2.58. The maximum Gasteiger partial charge on any atom is 0.416 e. The lowest BCUT2D eigenvalue weighted by atomic mass is 9.65. The number of ether oxygens (including phenoxy) is 1. The van der Waals surface area contributed by atoms with Crippen molar-refractivity contribution >= 4 is 23.6 Å². The zero-order valence-electron chi connectivity index (χ0n) is 23.2. The number of carbonyl (C=O) groups excluding carboxylic acids is 3. The maximum absolute atomic E-state index is 13.8. The summed E-state index contributed by atoms with van der Waals surface area (Å²) in [6, 6.07) is 5.74. The standard InChI is InChI=1S/C27H33F3N6O5/c1-5-6-14-26(41-24(31)39,21(37)22(38)33-19-13-15-32-34-19)18(25(2,3)4)11-12-20-35-36-23(40-20)16-7-9-17(10-8-16)27(28,29)30/h7-10,13,15,18H,5-6,11-12,14H2,1-4H3,(H2,31,39)(H2,32,33,34,38)/t18?,26-/m0/s1. The molecule has 0 bridgehead atoms. The molecule has 3 aromatic rings. The van der Waals surface area contributed by atoms with Crippen LogP contribution in [-0.2, 0) is 26.9 Å². The summed E-state index contributed by atoms with van der Waals surface area (Å²) in [5.41, 5.74) is 2.32. The van der Waals surface area contributed by atoms with Gasteiger partial charge in [0.15, 0.2) is 5.60 Å². The number of H-pyrrole nitrogens is 1. The van der Waals surface area contributed by atoms with Crippen molar-refractivity contribution in [1.82, 2.24) is 20.4 Å². The van der Waals surface area contributed by atoms with Gasteiger partial charge in [-0.05, 0) is 48.9 Å². The van der Waals surface area contributed by atoms with Crippen LogP contribution in [0.4, 0.5) is 23.8 Å². The number of alkyl halides is 3. The molecule has 0 radical (unpaired) electrons. The second-order valence-electron chi connectivity index (χ2n) is 10.7. The molecule has 0 saturated heterocycles. The summed E-state index contributed by atoms with van der Waals surface area (Å²) in [6.45, 7) is 7.40. The molecule has 3 rings (SSSR count). The van der Waals surface area contributed by atoms with Gasteiger partial charge in [-0.25, -0.2) is 4.79 Å². The molecule has 0 fully saturated rings. The van der Waals surface area contributed by atoms with E-state index >= 15 is 0 Å². The van der Waals surface area contributed by atoms with Crippen molar-refractivity contribution < 1.29 is 36.7 Å². The van der Waals surface area contributed by atoms with Crippen LogP contribution in [0, 0.1) is 11.3 Å². The predicted molar refractivity (Wildman–Crippen MR) is 141 cm³/mol. The van der Waals surface area contributed by atoms with E-state index in [1.165, 1.54) is 24.4 Å². The predicted octanol–water partition coefficient (Wildman–Crippen LogP) is 5.31. The van der Waals surface area contributed by atoms with E-state index in [4.69, 9.17) is 14.9 Å². The Morgan fingerprint density at radius 2 is 1.78 bits per heavy atom. The van der Waals surface area contributed by atoms with Crippen molar-refractivity contribution in [2.24, 2.45) is 17.1 Å². The number of rotatable bonds is 12. The molecule has 1 unspecified atom stereocenters. The minimum Gasteiger partial charge on any atom is -0.434 e. The zero-order valence-corrected chi connectivity index (χ0v) is 23.2. The molecule has 0 aliphatic rings. The Morgan fingerprint density at radius 3 is 2.32 bits per heavy atom. The molecule has 41 heavy (non-hydrogen) atoms. The molecule has 2 heterocycles. The smallest absolute Gasteiger partial charge is 0.416 e. The van der Waals surface area contributed by atoms with Gasteiger partial charge in [-0.3, -0.25) is 14.7 Å². The van der Waals surface area contributed by atoms with E-state index in [-0.39, 0.29) is 36.9 Å². The fourth-order valence-electron chi connectivity index (χ4n) is 4.84. The van der Waals surface area contributed by atoms with Crippen LogP contribution in [0.5, 0.6) is 0 Å². The van der Waals surface area contributed by atoms with Crippen LogP contribution < -0.4 is 11.1 Å². The number of hydrogen-bond donors (Lipinski definition) is 3. The van der Waals surface area contributed by atoms with E-state index in [0.29, 0.717) is 18.4 Å². The Morgan fingerprint density at radius 1 is 1.10 bits per heavy atom. The number of unbranched alkanes of at least 4 members (excludes halogenated alkanes) is 1. The number of nitrogens with one attached hydrogen (secondary N) is 2. The first-order chi connectivity index (χ1) is 19.2. The molecule has 2 amide bonds. The second-order valence-corrected chi connectivity index (χ2v) is 10.7. The summed E-state index contributed by atoms with van der Waals surface area (Å²) in [4.78, 5) is 39.1. The van der Waals surface area contributed by atoms with E-state index in [1.807, 2.05) is 27.7 Å². The number of nitrogens with two attached hydrogens (primary N) is 1. The summed E-state index contributed by atoms with van der Waals surface area (Å²) in [6.07, 6.45) is -2.90. The molecule has 0 spiro atoms. The number of anilines is 1. The average Bonchev–Trinajstić information content (AvgIpc) is 3.57. The summed E-state index contributed by atoms with van der Waals surface area (Å²) >= 11 is 0. The minimum absolute atomic E-state index is 0.0154. The van der Waals surface area contributed by atoms with Gasteiger partial charge < -0.3 is 20.2 Å². The van der Waals surface area contributed by atoms with Gasteiger partial charge in [0.1, 0.15) is 5.82 Å². The Bertz CT molecular complexity index is 1330. The Kier molecular flexibility index (Phi) is 9.56. The molecular weight excluding hydrogens is 545 g/mol. The molecule has 4 N–H and O–H groups in total. The lowest BCUT2D eigenvalue weighted by molar-refractivity contribution is -0.157. The van der Waals surface area contributed by atoms with E-state index < -0.39 is 46.5 Å². The van der Waals surface area contributed by atoms with E-state index in [9.17, 15) is 27.6 Å². The third-order valence-electron chi connectivity index (χ3n) is 6.71. The number of carbonyl (C=O) groups is 3. The van der Waals surface area contributed by atoms with E-state index in [0.717, 1.165) is 12.1 Å². The maximum atomic E-state index is 13.8. The number of aryl methyl sites for hydroxylation is 1. The number of Topliss-reactive ketones (excluding diaryl/α,β-unsaturated/α-hetero) is 1. The minimum atomic E-state index is -4.48.